The van der Waals surface area contributed by atoms with E-state index in [4.69, 9.17) is 14.2 Å². The van der Waals surface area contributed by atoms with Gasteiger partial charge in [0, 0.05) is 30.2 Å². The summed E-state index contributed by atoms with van der Waals surface area (Å²) in [5.41, 5.74) is 0.616. The van der Waals surface area contributed by atoms with Gasteiger partial charge in [-0.05, 0) is 25.5 Å². The van der Waals surface area contributed by atoms with Crippen molar-refractivity contribution in [2.24, 2.45) is 5.92 Å². The lowest BCUT2D eigenvalue weighted by Gasteiger charge is -2.31. The van der Waals surface area contributed by atoms with Gasteiger partial charge in [0.2, 0.25) is 0 Å². The Morgan fingerprint density at radius 2 is 2.05 bits per heavy atom. The van der Waals surface area contributed by atoms with Crippen molar-refractivity contribution in [1.29, 1.82) is 0 Å². The summed E-state index contributed by atoms with van der Waals surface area (Å²) in [7, 11) is 3.07. The molecule has 1 saturated heterocycles. The average Bonchev–Trinajstić information content (AvgIpc) is 2.53. The minimum absolute atomic E-state index is 0.0740. The molecule has 0 bridgehead atoms. The van der Waals surface area contributed by atoms with Gasteiger partial charge in [0.1, 0.15) is 5.82 Å². The molecule has 2 unspecified atom stereocenters. The molecule has 1 aliphatic heterocycles. The van der Waals surface area contributed by atoms with E-state index in [9.17, 15) is 4.39 Å². The molecule has 0 aromatic heterocycles. The third kappa shape index (κ3) is 3.66. The van der Waals surface area contributed by atoms with Crippen LogP contribution in [0.15, 0.2) is 12.1 Å². The van der Waals surface area contributed by atoms with Crippen LogP contribution < -0.4 is 14.8 Å². The van der Waals surface area contributed by atoms with Gasteiger partial charge < -0.3 is 19.5 Å². The third-order valence-corrected chi connectivity index (χ3v) is 3.93. The zero-order chi connectivity index (χ0) is 15.2. The first-order valence-electron chi connectivity index (χ1n) is 7.43. The van der Waals surface area contributed by atoms with Crippen LogP contribution in [0.2, 0.25) is 0 Å². The summed E-state index contributed by atoms with van der Waals surface area (Å²) in [6, 6.07) is 3.05. The molecular formula is C16H24FNO3. The van der Waals surface area contributed by atoms with Crippen molar-refractivity contribution in [3.8, 4) is 11.5 Å². The molecule has 4 nitrogen and oxygen atoms in total. The molecule has 0 aliphatic carbocycles. The van der Waals surface area contributed by atoms with E-state index in [-0.39, 0.29) is 17.8 Å². The maximum atomic E-state index is 14.5. The molecule has 2 atom stereocenters. The Balaban J connectivity index is 2.34. The molecule has 0 saturated carbocycles. The summed E-state index contributed by atoms with van der Waals surface area (Å²) in [4.78, 5) is 0. The summed E-state index contributed by atoms with van der Waals surface area (Å²) in [6.07, 6.45) is 2.05. The second-order valence-corrected chi connectivity index (χ2v) is 5.24. The van der Waals surface area contributed by atoms with Gasteiger partial charge in [0.25, 0.3) is 0 Å². The van der Waals surface area contributed by atoms with Crippen LogP contribution in [0, 0.1) is 11.7 Å². The number of halogens is 1. The number of nitrogens with one attached hydrogen (secondary N) is 1. The number of ether oxygens (including phenoxy) is 3. The van der Waals surface area contributed by atoms with Crippen LogP contribution in [0.5, 0.6) is 11.5 Å². The van der Waals surface area contributed by atoms with Crippen LogP contribution in [0.3, 0.4) is 0 Å². The summed E-state index contributed by atoms with van der Waals surface area (Å²) in [6.45, 7) is 4.25. The molecule has 0 spiro atoms. The van der Waals surface area contributed by atoms with Gasteiger partial charge in [0.15, 0.2) is 11.5 Å². The van der Waals surface area contributed by atoms with Crippen LogP contribution in [0.25, 0.3) is 0 Å². The highest BCUT2D eigenvalue weighted by Crippen LogP contribution is 2.36. The highest BCUT2D eigenvalue weighted by Gasteiger charge is 2.28. The van der Waals surface area contributed by atoms with E-state index in [1.54, 1.807) is 13.2 Å². The lowest BCUT2D eigenvalue weighted by Crippen LogP contribution is -2.34. The molecule has 1 aliphatic rings. The minimum Gasteiger partial charge on any atom is -0.493 e. The van der Waals surface area contributed by atoms with Crippen LogP contribution in [0.4, 0.5) is 4.39 Å². The molecule has 1 aromatic carbocycles. The van der Waals surface area contributed by atoms with Crippen molar-refractivity contribution in [1.82, 2.24) is 5.32 Å². The highest BCUT2D eigenvalue weighted by atomic mass is 19.1. The van der Waals surface area contributed by atoms with Crippen LogP contribution in [-0.2, 0) is 4.74 Å². The van der Waals surface area contributed by atoms with Gasteiger partial charge in [0.05, 0.1) is 20.8 Å². The van der Waals surface area contributed by atoms with E-state index < -0.39 is 0 Å². The second-order valence-electron chi connectivity index (χ2n) is 5.24. The molecule has 2 rings (SSSR count). The highest BCUT2D eigenvalue weighted by molar-refractivity contribution is 5.45. The first kappa shape index (κ1) is 16.0. The number of hydrogen-bond donors (Lipinski definition) is 1. The Morgan fingerprint density at radius 1 is 1.33 bits per heavy atom. The van der Waals surface area contributed by atoms with E-state index in [1.165, 1.54) is 13.2 Å². The summed E-state index contributed by atoms with van der Waals surface area (Å²) in [5.74, 6) is 0.956. The normalized spacial score (nSPS) is 20.1. The van der Waals surface area contributed by atoms with E-state index in [2.05, 4.69) is 5.32 Å². The molecule has 5 heteroatoms. The first-order chi connectivity index (χ1) is 10.2. The smallest absolute Gasteiger partial charge is 0.163 e. The molecule has 21 heavy (non-hydrogen) atoms. The predicted molar refractivity (Wildman–Crippen MR) is 79.5 cm³/mol. The number of methoxy groups -OCH3 is 2. The Morgan fingerprint density at radius 3 is 2.62 bits per heavy atom. The Labute approximate surface area is 125 Å². The molecule has 1 aromatic rings. The topological polar surface area (TPSA) is 39.7 Å². The summed E-state index contributed by atoms with van der Waals surface area (Å²) >= 11 is 0. The van der Waals surface area contributed by atoms with Crippen LogP contribution in [0.1, 0.15) is 31.4 Å². The van der Waals surface area contributed by atoms with Gasteiger partial charge in [-0.3, -0.25) is 0 Å². The fourth-order valence-electron chi connectivity index (χ4n) is 2.89. The van der Waals surface area contributed by atoms with E-state index in [0.29, 0.717) is 23.7 Å². The van der Waals surface area contributed by atoms with Crippen molar-refractivity contribution in [3.63, 3.8) is 0 Å². The maximum absolute atomic E-state index is 14.5. The Hall–Kier alpha value is -1.33. The Kier molecular flexibility index (Phi) is 5.82. The standard InChI is InChI=1S/C16H24FNO3/c1-4-18-16(11-6-5-7-21-10-11)12-8-14(19-2)15(20-3)9-13(12)17/h8-9,11,16,18H,4-7,10H2,1-3H3. The zero-order valence-corrected chi connectivity index (χ0v) is 12.9. The molecule has 0 amide bonds. The van der Waals surface area contributed by atoms with Crippen molar-refractivity contribution < 1.29 is 18.6 Å². The quantitative estimate of drug-likeness (QED) is 0.876. The summed E-state index contributed by atoms with van der Waals surface area (Å²) in [5, 5.41) is 3.38. The van der Waals surface area contributed by atoms with Gasteiger partial charge >= 0.3 is 0 Å². The van der Waals surface area contributed by atoms with Crippen molar-refractivity contribution >= 4 is 0 Å². The van der Waals surface area contributed by atoms with E-state index >= 15 is 0 Å². The van der Waals surface area contributed by atoms with Crippen molar-refractivity contribution in [2.75, 3.05) is 34.0 Å². The molecule has 118 valence electrons. The number of hydrogen-bond acceptors (Lipinski definition) is 4. The van der Waals surface area contributed by atoms with Gasteiger partial charge in [-0.1, -0.05) is 6.92 Å². The summed E-state index contributed by atoms with van der Waals surface area (Å²) < 4.78 is 30.5. The minimum atomic E-state index is -0.274. The van der Waals surface area contributed by atoms with E-state index in [1.807, 2.05) is 6.92 Å². The number of benzene rings is 1. The van der Waals surface area contributed by atoms with Gasteiger partial charge in [-0.2, -0.15) is 0 Å². The molecular weight excluding hydrogens is 273 g/mol. The van der Waals surface area contributed by atoms with Gasteiger partial charge in [-0.15, -0.1) is 0 Å². The fraction of sp³-hybridized carbons (Fsp3) is 0.625. The number of rotatable bonds is 6. The third-order valence-electron chi connectivity index (χ3n) is 3.93. The molecule has 0 radical (unpaired) electrons. The molecule has 1 heterocycles. The maximum Gasteiger partial charge on any atom is 0.163 e. The predicted octanol–water partition coefficient (Wildman–Crippen LogP) is 2.92. The monoisotopic (exact) mass is 297 g/mol. The zero-order valence-electron chi connectivity index (χ0n) is 12.9. The van der Waals surface area contributed by atoms with Crippen molar-refractivity contribution in [2.45, 2.75) is 25.8 Å². The van der Waals surface area contributed by atoms with Crippen LogP contribution in [-0.4, -0.2) is 34.0 Å². The lowest BCUT2D eigenvalue weighted by molar-refractivity contribution is 0.0387. The van der Waals surface area contributed by atoms with Crippen LogP contribution >= 0.6 is 0 Å². The average molecular weight is 297 g/mol. The fourth-order valence-corrected chi connectivity index (χ4v) is 2.89. The van der Waals surface area contributed by atoms with E-state index in [0.717, 1.165) is 26.0 Å². The largest absolute Gasteiger partial charge is 0.493 e. The first-order valence-corrected chi connectivity index (χ1v) is 7.43. The van der Waals surface area contributed by atoms with Crippen molar-refractivity contribution in [3.05, 3.63) is 23.5 Å². The molecule has 1 N–H and O–H groups in total. The van der Waals surface area contributed by atoms with Gasteiger partial charge in [-0.25, -0.2) is 4.39 Å². The second kappa shape index (κ2) is 7.61. The molecule has 1 fully saturated rings. The Bertz CT molecular complexity index is 461. The lowest BCUT2D eigenvalue weighted by atomic mass is 9.88. The SMILES string of the molecule is CCNC(c1cc(OC)c(OC)cc1F)C1CCCOC1.